The molecule has 0 bridgehead atoms. The molecule has 1 aromatic carbocycles. The number of nitrogens with one attached hydrogen (secondary N) is 1. The van der Waals surface area contributed by atoms with E-state index in [1.807, 2.05) is 43.5 Å². The maximum Gasteiger partial charge on any atom is 0.115 e. The van der Waals surface area contributed by atoms with Crippen molar-refractivity contribution in [2.75, 3.05) is 0 Å². The van der Waals surface area contributed by atoms with Crippen molar-refractivity contribution in [2.45, 2.75) is 13.5 Å². The highest BCUT2D eigenvalue weighted by Crippen LogP contribution is 2.25. The summed E-state index contributed by atoms with van der Waals surface area (Å²) in [6.45, 7) is 2.44. The number of para-hydroxylation sites is 1. The molecular formula is C15H13N7. The van der Waals surface area contributed by atoms with E-state index >= 15 is 0 Å². The van der Waals surface area contributed by atoms with Crippen molar-refractivity contribution in [3.8, 4) is 11.3 Å². The van der Waals surface area contributed by atoms with Crippen LogP contribution in [0.15, 0.2) is 42.7 Å². The van der Waals surface area contributed by atoms with Crippen molar-refractivity contribution < 1.29 is 0 Å². The molecule has 0 amide bonds. The Morgan fingerprint density at radius 2 is 2.05 bits per heavy atom. The molecule has 0 saturated carbocycles. The fourth-order valence-electron chi connectivity index (χ4n) is 2.42. The molecule has 0 unspecified atom stereocenters. The minimum absolute atomic E-state index is 0.535. The molecule has 0 fully saturated rings. The molecule has 0 saturated heterocycles. The van der Waals surface area contributed by atoms with Gasteiger partial charge in [0.25, 0.3) is 0 Å². The lowest BCUT2D eigenvalue weighted by Gasteiger charge is -2.01. The van der Waals surface area contributed by atoms with Gasteiger partial charge < -0.3 is 0 Å². The van der Waals surface area contributed by atoms with Gasteiger partial charge in [0.05, 0.1) is 24.0 Å². The molecule has 3 heterocycles. The standard InChI is InChI=1S/C15H13N7/c1-10-13(18-20-17-10)8-22-9-14(19-21-22)12-6-2-4-11-5-3-7-16-15(11)12/h2-7,9H,8H2,1H3,(H,17,18,20). The predicted molar refractivity (Wildman–Crippen MR) is 81.0 cm³/mol. The van der Waals surface area contributed by atoms with Gasteiger partial charge in [-0.3, -0.25) is 4.98 Å². The molecule has 7 nitrogen and oxygen atoms in total. The molecule has 0 aliphatic heterocycles. The van der Waals surface area contributed by atoms with E-state index in [0.717, 1.165) is 33.5 Å². The summed E-state index contributed by atoms with van der Waals surface area (Å²) in [5.74, 6) is 0. The third-order valence-corrected chi connectivity index (χ3v) is 3.58. The molecule has 0 aliphatic rings. The van der Waals surface area contributed by atoms with E-state index in [-0.39, 0.29) is 0 Å². The minimum Gasteiger partial charge on any atom is -0.256 e. The van der Waals surface area contributed by atoms with Crippen molar-refractivity contribution in [3.63, 3.8) is 0 Å². The van der Waals surface area contributed by atoms with Gasteiger partial charge in [0.2, 0.25) is 0 Å². The van der Waals surface area contributed by atoms with E-state index in [9.17, 15) is 0 Å². The van der Waals surface area contributed by atoms with Crippen molar-refractivity contribution in [1.29, 1.82) is 0 Å². The Morgan fingerprint density at radius 1 is 1.14 bits per heavy atom. The monoisotopic (exact) mass is 291 g/mol. The zero-order valence-electron chi connectivity index (χ0n) is 11.9. The molecule has 7 heteroatoms. The van der Waals surface area contributed by atoms with Crippen molar-refractivity contribution in [1.82, 2.24) is 35.4 Å². The van der Waals surface area contributed by atoms with E-state index in [1.54, 1.807) is 10.9 Å². The van der Waals surface area contributed by atoms with Crippen LogP contribution in [-0.4, -0.2) is 35.4 Å². The highest BCUT2D eigenvalue weighted by molar-refractivity contribution is 5.92. The second-order valence-corrected chi connectivity index (χ2v) is 5.04. The third kappa shape index (κ3) is 2.12. The summed E-state index contributed by atoms with van der Waals surface area (Å²) >= 11 is 0. The Labute approximate surface area is 126 Å². The topological polar surface area (TPSA) is 85.2 Å². The van der Waals surface area contributed by atoms with Crippen LogP contribution in [0.1, 0.15) is 11.4 Å². The smallest absolute Gasteiger partial charge is 0.115 e. The lowest BCUT2D eigenvalue weighted by molar-refractivity contribution is 0.635. The van der Waals surface area contributed by atoms with Gasteiger partial charge in [-0.15, -0.1) is 5.10 Å². The normalized spacial score (nSPS) is 11.1. The summed E-state index contributed by atoms with van der Waals surface area (Å²) in [5, 5.41) is 20.2. The van der Waals surface area contributed by atoms with Crippen molar-refractivity contribution in [3.05, 3.63) is 54.1 Å². The van der Waals surface area contributed by atoms with E-state index in [2.05, 4.69) is 30.7 Å². The molecule has 3 aromatic heterocycles. The Balaban J connectivity index is 1.73. The Morgan fingerprint density at radius 3 is 2.91 bits per heavy atom. The summed E-state index contributed by atoms with van der Waals surface area (Å²) in [6.07, 6.45) is 3.69. The first-order chi connectivity index (χ1) is 10.8. The number of aryl methyl sites for hydroxylation is 1. The van der Waals surface area contributed by atoms with Crippen LogP contribution in [0, 0.1) is 6.92 Å². The average molecular weight is 291 g/mol. The predicted octanol–water partition coefficient (Wildman–Crippen LogP) is 1.97. The Kier molecular flexibility index (Phi) is 2.89. The summed E-state index contributed by atoms with van der Waals surface area (Å²) in [4.78, 5) is 4.45. The zero-order valence-corrected chi connectivity index (χ0v) is 11.9. The lowest BCUT2D eigenvalue weighted by Crippen LogP contribution is -2.02. The first-order valence-corrected chi connectivity index (χ1v) is 6.92. The molecule has 4 rings (SSSR count). The van der Waals surface area contributed by atoms with Crippen molar-refractivity contribution in [2.24, 2.45) is 0 Å². The van der Waals surface area contributed by atoms with Crippen LogP contribution in [0.25, 0.3) is 22.2 Å². The molecular weight excluding hydrogens is 278 g/mol. The maximum absolute atomic E-state index is 4.45. The summed E-state index contributed by atoms with van der Waals surface area (Å²) in [6, 6.07) is 10.0. The first kappa shape index (κ1) is 12.6. The Bertz CT molecular complexity index is 932. The van der Waals surface area contributed by atoms with Gasteiger partial charge in [-0.05, 0) is 13.0 Å². The fraction of sp³-hybridized carbons (Fsp3) is 0.133. The highest BCUT2D eigenvalue weighted by atomic mass is 15.4. The van der Waals surface area contributed by atoms with Gasteiger partial charge in [0, 0.05) is 17.1 Å². The second kappa shape index (κ2) is 5.03. The summed E-state index contributed by atoms with van der Waals surface area (Å²) in [7, 11) is 0. The quantitative estimate of drug-likeness (QED) is 0.623. The lowest BCUT2D eigenvalue weighted by atomic mass is 10.1. The molecule has 0 atom stereocenters. The molecule has 22 heavy (non-hydrogen) atoms. The number of hydrogen-bond donors (Lipinski definition) is 1. The van der Waals surface area contributed by atoms with E-state index in [4.69, 9.17) is 0 Å². The number of pyridine rings is 1. The average Bonchev–Trinajstić information content (AvgIpc) is 3.17. The molecule has 4 aromatic rings. The number of H-pyrrole nitrogens is 1. The number of fused-ring (bicyclic) bond motifs is 1. The van der Waals surface area contributed by atoms with E-state index in [1.165, 1.54) is 0 Å². The highest BCUT2D eigenvalue weighted by Gasteiger charge is 2.10. The van der Waals surface area contributed by atoms with Gasteiger partial charge in [0.1, 0.15) is 11.4 Å². The molecule has 0 aliphatic carbocycles. The number of hydrogen-bond acceptors (Lipinski definition) is 5. The van der Waals surface area contributed by atoms with Crippen LogP contribution in [0.3, 0.4) is 0 Å². The maximum atomic E-state index is 4.45. The van der Waals surface area contributed by atoms with Crippen LogP contribution in [0.4, 0.5) is 0 Å². The molecule has 108 valence electrons. The van der Waals surface area contributed by atoms with Crippen LogP contribution in [0.5, 0.6) is 0 Å². The number of rotatable bonds is 3. The van der Waals surface area contributed by atoms with Gasteiger partial charge in [-0.2, -0.15) is 15.4 Å². The molecule has 0 spiro atoms. The number of aromatic amines is 1. The minimum atomic E-state index is 0.535. The van der Waals surface area contributed by atoms with Crippen LogP contribution >= 0.6 is 0 Å². The van der Waals surface area contributed by atoms with Crippen LogP contribution in [-0.2, 0) is 6.54 Å². The van der Waals surface area contributed by atoms with E-state index < -0.39 is 0 Å². The number of benzene rings is 1. The largest absolute Gasteiger partial charge is 0.256 e. The first-order valence-electron chi connectivity index (χ1n) is 6.92. The van der Waals surface area contributed by atoms with Gasteiger partial charge >= 0.3 is 0 Å². The van der Waals surface area contributed by atoms with Gasteiger partial charge in [-0.1, -0.05) is 29.5 Å². The molecule has 1 N–H and O–H groups in total. The Hall–Kier alpha value is -3.09. The van der Waals surface area contributed by atoms with Crippen LogP contribution in [0.2, 0.25) is 0 Å². The van der Waals surface area contributed by atoms with Gasteiger partial charge in [0.15, 0.2) is 0 Å². The zero-order chi connectivity index (χ0) is 14.9. The van der Waals surface area contributed by atoms with E-state index in [0.29, 0.717) is 6.54 Å². The summed E-state index contributed by atoms with van der Waals surface area (Å²) in [5.41, 5.74) is 4.41. The SMILES string of the molecule is Cc1n[nH]nc1Cn1cc(-c2cccc3cccnc23)nn1. The third-order valence-electron chi connectivity index (χ3n) is 3.58. The second-order valence-electron chi connectivity index (χ2n) is 5.04. The number of nitrogens with zero attached hydrogens (tertiary/aromatic N) is 6. The van der Waals surface area contributed by atoms with Gasteiger partial charge in [-0.25, -0.2) is 4.68 Å². The summed E-state index contributed by atoms with van der Waals surface area (Å²) < 4.78 is 1.75. The number of aromatic nitrogens is 7. The van der Waals surface area contributed by atoms with Crippen molar-refractivity contribution >= 4 is 10.9 Å². The van der Waals surface area contributed by atoms with Crippen LogP contribution < -0.4 is 0 Å². The fourth-order valence-corrected chi connectivity index (χ4v) is 2.42. The molecule has 0 radical (unpaired) electrons.